The van der Waals surface area contributed by atoms with Gasteiger partial charge in [0.25, 0.3) is 0 Å². The lowest BCUT2D eigenvalue weighted by Gasteiger charge is -2.36. The van der Waals surface area contributed by atoms with E-state index in [1.807, 2.05) is 4.90 Å². The molecule has 2 heterocycles. The third-order valence-corrected chi connectivity index (χ3v) is 3.31. The highest BCUT2D eigenvalue weighted by Crippen LogP contribution is 2.18. The molecule has 0 aliphatic carbocycles. The number of hydrogen-bond donors (Lipinski definition) is 3. The number of aryl methyl sites for hydroxylation is 1. The van der Waals surface area contributed by atoms with Crippen molar-refractivity contribution in [3.8, 4) is 0 Å². The molecule has 1 fully saturated rings. The Hall–Kier alpha value is -2.15. The standard InChI is InChI=1S/C13H19N5O2/c1-8-5-9(12(14)19)6-11(17-8)18-4-3-16-7-10(18)13(20)15-2/h5-6,10,16H,3-4,7H2,1-2H3,(H2,14,19)(H,15,20). The molecular formula is C13H19N5O2. The minimum atomic E-state index is -0.497. The first-order valence-corrected chi connectivity index (χ1v) is 6.50. The average molecular weight is 277 g/mol. The first-order valence-electron chi connectivity index (χ1n) is 6.50. The average Bonchev–Trinajstić information content (AvgIpc) is 2.45. The molecule has 0 radical (unpaired) electrons. The van der Waals surface area contributed by atoms with Gasteiger partial charge in [-0.1, -0.05) is 0 Å². The Kier molecular flexibility index (Phi) is 4.19. The summed E-state index contributed by atoms with van der Waals surface area (Å²) in [5.41, 5.74) is 6.43. The molecule has 7 heteroatoms. The molecule has 7 nitrogen and oxygen atoms in total. The van der Waals surface area contributed by atoms with Crippen LogP contribution in [-0.4, -0.2) is 49.5 Å². The zero-order chi connectivity index (χ0) is 14.7. The molecule has 1 unspecified atom stereocenters. The molecule has 2 rings (SSSR count). The van der Waals surface area contributed by atoms with Crippen molar-refractivity contribution in [2.45, 2.75) is 13.0 Å². The Labute approximate surface area is 117 Å². The van der Waals surface area contributed by atoms with E-state index in [1.165, 1.54) is 0 Å². The number of piperazine rings is 1. The molecular weight excluding hydrogens is 258 g/mol. The number of nitrogens with two attached hydrogens (primary N) is 1. The smallest absolute Gasteiger partial charge is 0.248 e. The van der Waals surface area contributed by atoms with Crippen LogP contribution >= 0.6 is 0 Å². The van der Waals surface area contributed by atoms with E-state index in [-0.39, 0.29) is 11.9 Å². The van der Waals surface area contributed by atoms with E-state index in [4.69, 9.17) is 5.73 Å². The molecule has 1 aromatic rings. The van der Waals surface area contributed by atoms with E-state index in [0.717, 1.165) is 6.54 Å². The zero-order valence-electron chi connectivity index (χ0n) is 11.6. The Morgan fingerprint density at radius 2 is 2.25 bits per heavy atom. The SMILES string of the molecule is CNC(=O)C1CNCCN1c1cc(C(N)=O)cc(C)n1. The fourth-order valence-electron chi connectivity index (χ4n) is 2.32. The van der Waals surface area contributed by atoms with Crippen LogP contribution in [0.25, 0.3) is 0 Å². The number of aromatic nitrogens is 1. The van der Waals surface area contributed by atoms with Crippen molar-refractivity contribution < 1.29 is 9.59 Å². The van der Waals surface area contributed by atoms with Crippen LogP contribution in [0.2, 0.25) is 0 Å². The maximum atomic E-state index is 11.9. The topological polar surface area (TPSA) is 100 Å². The molecule has 0 aromatic carbocycles. The zero-order valence-corrected chi connectivity index (χ0v) is 11.6. The highest BCUT2D eigenvalue weighted by molar-refractivity contribution is 5.94. The number of nitrogens with one attached hydrogen (secondary N) is 2. The van der Waals surface area contributed by atoms with Gasteiger partial charge in [0.05, 0.1) is 0 Å². The van der Waals surface area contributed by atoms with Crippen molar-refractivity contribution in [1.29, 1.82) is 0 Å². The summed E-state index contributed by atoms with van der Waals surface area (Å²) in [5.74, 6) is 0.0263. The van der Waals surface area contributed by atoms with Crippen molar-refractivity contribution in [1.82, 2.24) is 15.6 Å². The van der Waals surface area contributed by atoms with E-state index in [9.17, 15) is 9.59 Å². The van der Waals surface area contributed by atoms with E-state index in [2.05, 4.69) is 15.6 Å². The first-order chi connectivity index (χ1) is 9.52. The maximum Gasteiger partial charge on any atom is 0.248 e. The van der Waals surface area contributed by atoms with Crippen LogP contribution in [-0.2, 0) is 4.79 Å². The van der Waals surface area contributed by atoms with Crippen molar-refractivity contribution in [2.24, 2.45) is 5.73 Å². The molecule has 1 saturated heterocycles. The molecule has 1 atom stereocenters. The Bertz CT molecular complexity index is 531. The summed E-state index contributed by atoms with van der Waals surface area (Å²) >= 11 is 0. The van der Waals surface area contributed by atoms with Gasteiger partial charge in [0.15, 0.2) is 0 Å². The number of carbonyl (C=O) groups excluding carboxylic acids is 2. The van der Waals surface area contributed by atoms with Gasteiger partial charge in [-0.15, -0.1) is 0 Å². The van der Waals surface area contributed by atoms with E-state index in [0.29, 0.717) is 30.2 Å². The van der Waals surface area contributed by atoms with Crippen LogP contribution in [0.5, 0.6) is 0 Å². The summed E-state index contributed by atoms with van der Waals surface area (Å²) < 4.78 is 0. The number of amides is 2. The molecule has 0 spiro atoms. The van der Waals surface area contributed by atoms with Crippen LogP contribution in [0.4, 0.5) is 5.82 Å². The summed E-state index contributed by atoms with van der Waals surface area (Å²) in [5, 5.41) is 5.83. The number of anilines is 1. The Morgan fingerprint density at radius 1 is 1.50 bits per heavy atom. The fourth-order valence-corrected chi connectivity index (χ4v) is 2.32. The van der Waals surface area contributed by atoms with Gasteiger partial charge in [-0.25, -0.2) is 4.98 Å². The Balaban J connectivity index is 2.37. The van der Waals surface area contributed by atoms with E-state index >= 15 is 0 Å². The van der Waals surface area contributed by atoms with Gasteiger partial charge < -0.3 is 21.3 Å². The minimum Gasteiger partial charge on any atom is -0.366 e. The van der Waals surface area contributed by atoms with Gasteiger partial charge in [0, 0.05) is 37.9 Å². The number of rotatable bonds is 3. The van der Waals surface area contributed by atoms with Crippen molar-refractivity contribution in [3.05, 3.63) is 23.4 Å². The molecule has 0 bridgehead atoms. The van der Waals surface area contributed by atoms with Crippen LogP contribution in [0.15, 0.2) is 12.1 Å². The highest BCUT2D eigenvalue weighted by Gasteiger charge is 2.29. The van der Waals surface area contributed by atoms with Gasteiger partial charge in [-0.3, -0.25) is 9.59 Å². The molecule has 0 saturated carbocycles. The van der Waals surface area contributed by atoms with Gasteiger partial charge >= 0.3 is 0 Å². The van der Waals surface area contributed by atoms with Crippen LogP contribution < -0.4 is 21.3 Å². The van der Waals surface area contributed by atoms with Gasteiger partial charge in [-0.05, 0) is 19.1 Å². The summed E-state index contributed by atoms with van der Waals surface area (Å²) in [6, 6.07) is 2.93. The molecule has 108 valence electrons. The number of likely N-dealkylation sites (N-methyl/N-ethyl adjacent to an activating group) is 1. The van der Waals surface area contributed by atoms with Crippen molar-refractivity contribution >= 4 is 17.6 Å². The summed E-state index contributed by atoms with van der Waals surface area (Å²) in [6.07, 6.45) is 0. The summed E-state index contributed by atoms with van der Waals surface area (Å²) in [4.78, 5) is 29.6. The first kappa shape index (κ1) is 14.3. The lowest BCUT2D eigenvalue weighted by molar-refractivity contribution is -0.122. The summed E-state index contributed by atoms with van der Waals surface area (Å²) in [7, 11) is 1.60. The van der Waals surface area contributed by atoms with Crippen LogP contribution in [0.1, 0.15) is 16.1 Å². The normalized spacial score (nSPS) is 18.7. The fraction of sp³-hybridized carbons (Fsp3) is 0.462. The predicted molar refractivity (Wildman–Crippen MR) is 75.6 cm³/mol. The second-order valence-electron chi connectivity index (χ2n) is 4.75. The molecule has 1 aliphatic heterocycles. The number of nitrogens with zero attached hydrogens (tertiary/aromatic N) is 2. The van der Waals surface area contributed by atoms with E-state index in [1.54, 1.807) is 26.1 Å². The molecule has 2 amide bonds. The maximum absolute atomic E-state index is 11.9. The third-order valence-electron chi connectivity index (χ3n) is 3.31. The largest absolute Gasteiger partial charge is 0.366 e. The second kappa shape index (κ2) is 5.87. The number of carbonyl (C=O) groups is 2. The number of pyridine rings is 1. The second-order valence-corrected chi connectivity index (χ2v) is 4.75. The van der Waals surface area contributed by atoms with Crippen LogP contribution in [0, 0.1) is 6.92 Å². The third kappa shape index (κ3) is 2.88. The number of primary amides is 1. The molecule has 1 aliphatic rings. The number of hydrogen-bond acceptors (Lipinski definition) is 5. The summed E-state index contributed by atoms with van der Waals surface area (Å²) in [6.45, 7) is 3.75. The predicted octanol–water partition coefficient (Wildman–Crippen LogP) is -0.987. The quantitative estimate of drug-likeness (QED) is 0.659. The van der Waals surface area contributed by atoms with Gasteiger partial charge in [-0.2, -0.15) is 0 Å². The minimum absolute atomic E-state index is 0.0823. The van der Waals surface area contributed by atoms with Crippen LogP contribution in [0.3, 0.4) is 0 Å². The van der Waals surface area contributed by atoms with E-state index < -0.39 is 5.91 Å². The Morgan fingerprint density at radius 3 is 2.90 bits per heavy atom. The van der Waals surface area contributed by atoms with Gasteiger partial charge in [0.1, 0.15) is 11.9 Å². The lowest BCUT2D eigenvalue weighted by atomic mass is 10.1. The monoisotopic (exact) mass is 277 g/mol. The van der Waals surface area contributed by atoms with Gasteiger partial charge in [0.2, 0.25) is 11.8 Å². The molecule has 4 N–H and O–H groups in total. The highest BCUT2D eigenvalue weighted by atomic mass is 16.2. The lowest BCUT2D eigenvalue weighted by Crippen LogP contribution is -2.58. The van der Waals surface area contributed by atoms with Crippen molar-refractivity contribution in [2.75, 3.05) is 31.6 Å². The molecule has 20 heavy (non-hydrogen) atoms. The van der Waals surface area contributed by atoms with Crippen molar-refractivity contribution in [3.63, 3.8) is 0 Å². The molecule has 1 aromatic heterocycles.